The lowest BCUT2D eigenvalue weighted by molar-refractivity contribution is -0.192. The highest BCUT2D eigenvalue weighted by Crippen LogP contribution is 2.33. The Morgan fingerprint density at radius 2 is 1.58 bits per heavy atom. The summed E-state index contributed by atoms with van der Waals surface area (Å²) in [5.74, 6) is -4.96. The van der Waals surface area contributed by atoms with Crippen molar-refractivity contribution in [2.75, 3.05) is 0 Å². The molecule has 3 aromatic heterocycles. The van der Waals surface area contributed by atoms with Crippen LogP contribution < -0.4 is 0 Å². The normalized spacial score (nSPS) is 11.3. The van der Waals surface area contributed by atoms with Crippen molar-refractivity contribution in [1.82, 2.24) is 19.6 Å². The SMILES string of the molecule is Fc1ccc(-c2cnc3ccc(-c4c[nH]nc4-c4ccccc4F)cn23)cc1F.O=C(O)C(F)(F)F. The summed E-state index contributed by atoms with van der Waals surface area (Å²) in [5, 5.41) is 14.1. The fourth-order valence-corrected chi connectivity index (χ4v) is 3.38. The molecule has 0 atom stereocenters. The molecule has 0 bridgehead atoms. The number of pyridine rings is 1. The number of aliphatic carboxylic acids is 1. The first kappa shape index (κ1) is 24.5. The Hall–Kier alpha value is -4.61. The van der Waals surface area contributed by atoms with Crippen molar-refractivity contribution >= 4 is 11.6 Å². The summed E-state index contributed by atoms with van der Waals surface area (Å²) in [7, 11) is 0. The molecule has 5 rings (SSSR count). The molecule has 0 aliphatic heterocycles. The van der Waals surface area contributed by atoms with Gasteiger partial charge in [-0.2, -0.15) is 18.3 Å². The van der Waals surface area contributed by atoms with Crippen LogP contribution in [0.3, 0.4) is 0 Å². The number of hydrogen-bond acceptors (Lipinski definition) is 3. The van der Waals surface area contributed by atoms with E-state index < -0.39 is 23.8 Å². The molecule has 36 heavy (non-hydrogen) atoms. The van der Waals surface area contributed by atoms with E-state index in [1.807, 2.05) is 12.3 Å². The molecule has 0 amide bonds. The molecule has 5 aromatic rings. The van der Waals surface area contributed by atoms with Gasteiger partial charge in [-0.3, -0.25) is 9.50 Å². The smallest absolute Gasteiger partial charge is 0.475 e. The maximum absolute atomic E-state index is 14.3. The van der Waals surface area contributed by atoms with E-state index in [4.69, 9.17) is 9.90 Å². The second kappa shape index (κ2) is 9.56. The summed E-state index contributed by atoms with van der Waals surface area (Å²) in [5.41, 5.74) is 4.09. The maximum atomic E-state index is 14.3. The molecule has 0 radical (unpaired) electrons. The van der Waals surface area contributed by atoms with Gasteiger partial charge in [0.1, 0.15) is 17.2 Å². The number of aromatic nitrogens is 4. The van der Waals surface area contributed by atoms with Gasteiger partial charge in [0.15, 0.2) is 11.6 Å². The first-order chi connectivity index (χ1) is 17.1. The summed E-state index contributed by atoms with van der Waals surface area (Å²) in [6.45, 7) is 0. The number of aromatic amines is 1. The average Bonchev–Trinajstić information content (AvgIpc) is 3.48. The molecule has 2 N–H and O–H groups in total. The number of carbonyl (C=O) groups is 1. The van der Waals surface area contributed by atoms with E-state index in [0.29, 0.717) is 33.7 Å². The van der Waals surface area contributed by atoms with Crippen molar-refractivity contribution in [2.45, 2.75) is 6.18 Å². The van der Waals surface area contributed by atoms with Crippen molar-refractivity contribution in [3.05, 3.63) is 90.6 Å². The standard InChI is InChI=1S/C22H13F3N4.C2HF3O2/c23-17-4-2-1-3-15(17)22-16(10-27-28-22)14-6-8-21-26-11-20(29(21)12-14)13-5-7-18(24)19(25)9-13;3-2(4,5)1(6)7/h1-12H,(H,27,28);(H,6,7). The van der Waals surface area contributed by atoms with Gasteiger partial charge in [0.2, 0.25) is 0 Å². The topological polar surface area (TPSA) is 83.3 Å². The number of carboxylic acids is 1. The highest BCUT2D eigenvalue weighted by atomic mass is 19.4. The molecule has 2 aromatic carbocycles. The van der Waals surface area contributed by atoms with E-state index in [-0.39, 0.29) is 5.82 Å². The zero-order valence-electron chi connectivity index (χ0n) is 17.9. The number of benzene rings is 2. The lowest BCUT2D eigenvalue weighted by Crippen LogP contribution is -2.21. The minimum absolute atomic E-state index is 0.368. The minimum Gasteiger partial charge on any atom is -0.475 e. The van der Waals surface area contributed by atoms with Crippen LogP contribution in [0.1, 0.15) is 0 Å². The van der Waals surface area contributed by atoms with Crippen molar-refractivity contribution in [1.29, 1.82) is 0 Å². The Balaban J connectivity index is 0.000000384. The van der Waals surface area contributed by atoms with E-state index in [0.717, 1.165) is 17.7 Å². The van der Waals surface area contributed by atoms with Crippen LogP contribution >= 0.6 is 0 Å². The van der Waals surface area contributed by atoms with E-state index in [1.54, 1.807) is 41.1 Å². The van der Waals surface area contributed by atoms with E-state index >= 15 is 0 Å². The van der Waals surface area contributed by atoms with Crippen LogP contribution in [0.5, 0.6) is 0 Å². The van der Waals surface area contributed by atoms with Gasteiger partial charge >= 0.3 is 12.1 Å². The zero-order valence-corrected chi connectivity index (χ0v) is 17.9. The summed E-state index contributed by atoms with van der Waals surface area (Å²) in [6.07, 6.45) is 0.0180. The van der Waals surface area contributed by atoms with Gasteiger partial charge in [0, 0.05) is 34.6 Å². The van der Waals surface area contributed by atoms with Crippen LogP contribution in [-0.4, -0.2) is 36.8 Å². The van der Waals surface area contributed by atoms with Gasteiger partial charge in [0.05, 0.1) is 11.9 Å². The quantitative estimate of drug-likeness (QED) is 0.291. The number of hydrogen-bond donors (Lipinski definition) is 2. The molecule has 6 nitrogen and oxygen atoms in total. The van der Waals surface area contributed by atoms with Gasteiger partial charge in [-0.15, -0.1) is 0 Å². The first-order valence-electron chi connectivity index (χ1n) is 10.1. The summed E-state index contributed by atoms with van der Waals surface area (Å²) in [4.78, 5) is 13.2. The largest absolute Gasteiger partial charge is 0.490 e. The fraction of sp³-hybridized carbons (Fsp3) is 0.0417. The number of nitrogens with one attached hydrogen (secondary N) is 1. The lowest BCUT2D eigenvalue weighted by atomic mass is 10.0. The van der Waals surface area contributed by atoms with Crippen LogP contribution in [0.15, 0.2) is 73.2 Å². The predicted molar refractivity (Wildman–Crippen MR) is 117 cm³/mol. The molecule has 0 spiro atoms. The number of halogens is 6. The third kappa shape index (κ3) is 4.92. The van der Waals surface area contributed by atoms with Gasteiger partial charge in [-0.05, 0) is 42.5 Å². The highest BCUT2D eigenvalue weighted by Gasteiger charge is 2.38. The van der Waals surface area contributed by atoms with Crippen LogP contribution in [0.2, 0.25) is 0 Å². The fourth-order valence-electron chi connectivity index (χ4n) is 3.38. The molecule has 0 aliphatic rings. The molecule has 0 saturated heterocycles. The monoisotopic (exact) mass is 504 g/mol. The molecular weight excluding hydrogens is 490 g/mol. The Labute approximate surface area is 198 Å². The molecule has 3 heterocycles. The van der Waals surface area contributed by atoms with E-state index in [2.05, 4.69) is 15.2 Å². The van der Waals surface area contributed by atoms with Gasteiger partial charge < -0.3 is 5.11 Å². The van der Waals surface area contributed by atoms with Gasteiger partial charge in [-0.25, -0.2) is 22.9 Å². The van der Waals surface area contributed by atoms with Gasteiger partial charge in [0.25, 0.3) is 0 Å². The molecule has 0 saturated carbocycles. The van der Waals surface area contributed by atoms with Crippen LogP contribution in [-0.2, 0) is 4.79 Å². The predicted octanol–water partition coefficient (Wildman–Crippen LogP) is 6.11. The van der Waals surface area contributed by atoms with Crippen molar-refractivity contribution in [3.63, 3.8) is 0 Å². The van der Waals surface area contributed by atoms with Crippen molar-refractivity contribution in [3.8, 4) is 33.6 Å². The molecule has 0 aliphatic carbocycles. The van der Waals surface area contributed by atoms with Gasteiger partial charge in [-0.1, -0.05) is 12.1 Å². The molecular formula is C24H14F6N4O2. The number of nitrogens with zero attached hydrogens (tertiary/aromatic N) is 3. The average molecular weight is 504 g/mol. The van der Waals surface area contributed by atoms with Crippen LogP contribution in [0.4, 0.5) is 26.3 Å². The first-order valence-corrected chi connectivity index (χ1v) is 10.1. The Kier molecular flexibility index (Phi) is 6.51. The van der Waals surface area contributed by atoms with Crippen LogP contribution in [0, 0.1) is 17.5 Å². The van der Waals surface area contributed by atoms with E-state index in [1.165, 1.54) is 12.1 Å². The summed E-state index contributed by atoms with van der Waals surface area (Å²) in [6, 6.07) is 13.8. The molecule has 0 unspecified atom stereocenters. The second-order valence-corrected chi connectivity index (χ2v) is 7.35. The number of rotatable bonds is 3. The third-order valence-corrected chi connectivity index (χ3v) is 5.04. The number of alkyl halides is 3. The maximum Gasteiger partial charge on any atom is 0.490 e. The lowest BCUT2D eigenvalue weighted by Gasteiger charge is -2.07. The number of carboxylic acid groups (broad SMARTS) is 1. The third-order valence-electron chi connectivity index (χ3n) is 5.04. The number of imidazole rings is 1. The zero-order chi connectivity index (χ0) is 26.0. The summed E-state index contributed by atoms with van der Waals surface area (Å²) >= 11 is 0. The second-order valence-electron chi connectivity index (χ2n) is 7.35. The summed E-state index contributed by atoms with van der Waals surface area (Å²) < 4.78 is 74.8. The molecule has 184 valence electrons. The Morgan fingerprint density at radius 3 is 2.25 bits per heavy atom. The van der Waals surface area contributed by atoms with E-state index in [9.17, 15) is 26.3 Å². The molecule has 0 fully saturated rings. The Morgan fingerprint density at radius 1 is 0.889 bits per heavy atom. The highest BCUT2D eigenvalue weighted by molar-refractivity contribution is 5.81. The Bertz CT molecular complexity index is 1560. The molecule has 12 heteroatoms. The number of H-pyrrole nitrogens is 1. The van der Waals surface area contributed by atoms with Crippen molar-refractivity contribution in [2.24, 2.45) is 0 Å². The van der Waals surface area contributed by atoms with Crippen molar-refractivity contribution < 1.29 is 36.2 Å². The van der Waals surface area contributed by atoms with Crippen LogP contribution in [0.25, 0.3) is 39.3 Å². The number of fused-ring (bicyclic) bond motifs is 1. The minimum atomic E-state index is -5.08.